The van der Waals surface area contributed by atoms with E-state index >= 15 is 0 Å². The van der Waals surface area contributed by atoms with Gasteiger partial charge in [0.1, 0.15) is 6.61 Å². The zero-order valence-electron chi connectivity index (χ0n) is 30.2. The minimum absolute atomic E-state index is 0.202. The van der Waals surface area contributed by atoms with Crippen LogP contribution in [0.2, 0.25) is 0 Å². The molecule has 0 aromatic carbocycles. The molecule has 8 nitrogen and oxygen atoms in total. The van der Waals surface area contributed by atoms with Crippen molar-refractivity contribution in [3.05, 3.63) is 24.3 Å². The van der Waals surface area contributed by atoms with Crippen molar-refractivity contribution in [3.63, 3.8) is 0 Å². The first-order chi connectivity index (χ1) is 22.8. The van der Waals surface area contributed by atoms with Gasteiger partial charge in [0.25, 0.3) is 0 Å². The summed E-state index contributed by atoms with van der Waals surface area (Å²) in [4.78, 5) is 42.7. The molecule has 0 bridgehead atoms. The van der Waals surface area contributed by atoms with E-state index in [1.807, 2.05) is 0 Å². The van der Waals surface area contributed by atoms with E-state index < -0.39 is 32.5 Å². The number of phosphoric ester groups is 1. The highest BCUT2D eigenvalue weighted by Gasteiger charge is 2.22. The molecule has 0 aromatic rings. The molecule has 0 aliphatic carbocycles. The summed E-state index contributed by atoms with van der Waals surface area (Å²) >= 11 is 0. The molecular formula is C38H71O8P. The van der Waals surface area contributed by atoms with E-state index in [9.17, 15) is 14.2 Å². The Bertz CT molecular complexity index is 823. The lowest BCUT2D eigenvalue weighted by atomic mass is 10.1. The molecule has 276 valence electrons. The van der Waals surface area contributed by atoms with Gasteiger partial charge < -0.3 is 19.3 Å². The van der Waals surface area contributed by atoms with Crippen molar-refractivity contribution >= 4 is 19.8 Å². The van der Waals surface area contributed by atoms with Crippen LogP contribution in [-0.2, 0) is 28.2 Å². The van der Waals surface area contributed by atoms with Crippen molar-refractivity contribution < 1.29 is 37.9 Å². The van der Waals surface area contributed by atoms with Crippen molar-refractivity contribution in [1.82, 2.24) is 0 Å². The van der Waals surface area contributed by atoms with Crippen LogP contribution in [0.5, 0.6) is 0 Å². The Morgan fingerprint density at radius 3 is 1.30 bits per heavy atom. The minimum Gasteiger partial charge on any atom is -0.462 e. The van der Waals surface area contributed by atoms with Crippen LogP contribution in [-0.4, -0.2) is 41.0 Å². The van der Waals surface area contributed by atoms with Crippen LogP contribution in [0.1, 0.15) is 187 Å². The Kier molecular flexibility index (Phi) is 33.3. The van der Waals surface area contributed by atoms with Gasteiger partial charge >= 0.3 is 19.8 Å². The number of esters is 2. The first-order valence-electron chi connectivity index (χ1n) is 19.1. The molecule has 0 heterocycles. The SMILES string of the molecule is CCCCCCC/C=C\CCCCCCCC(=O)OCC(COP(=O)(O)O)OC(=O)CCCCCCC/C=C\CCCCCCCC. The molecule has 0 aromatic heterocycles. The molecule has 0 fully saturated rings. The fourth-order valence-corrected chi connectivity index (χ4v) is 5.66. The predicted octanol–water partition coefficient (Wildman–Crippen LogP) is 11.2. The van der Waals surface area contributed by atoms with Crippen molar-refractivity contribution in [2.24, 2.45) is 0 Å². The molecule has 1 atom stereocenters. The second-order valence-electron chi connectivity index (χ2n) is 12.9. The van der Waals surface area contributed by atoms with E-state index in [0.717, 1.165) is 64.2 Å². The Morgan fingerprint density at radius 1 is 0.532 bits per heavy atom. The third kappa shape index (κ3) is 37.2. The molecule has 0 aliphatic heterocycles. The van der Waals surface area contributed by atoms with Crippen LogP contribution in [0.15, 0.2) is 24.3 Å². The highest BCUT2D eigenvalue weighted by molar-refractivity contribution is 7.46. The van der Waals surface area contributed by atoms with Crippen molar-refractivity contribution in [2.75, 3.05) is 13.2 Å². The molecule has 0 rings (SSSR count). The summed E-state index contributed by atoms with van der Waals surface area (Å²) in [7, 11) is -4.75. The second-order valence-corrected chi connectivity index (χ2v) is 14.1. The maximum atomic E-state index is 12.4. The molecular weight excluding hydrogens is 615 g/mol. The number of carbonyl (C=O) groups excluding carboxylic acids is 2. The Morgan fingerprint density at radius 2 is 0.894 bits per heavy atom. The lowest BCUT2D eigenvalue weighted by Gasteiger charge is -2.18. The standard InChI is InChI=1S/C38H71O8P/c1-3-5-7-9-11-13-15-17-19-21-23-25-27-29-31-33-38(40)46-36(35-45-47(41,42)43)34-44-37(39)32-30-28-26-24-22-20-18-16-14-12-10-8-6-4-2/h16-19,36H,3-15,20-35H2,1-2H3,(H2,41,42,43)/b18-16-,19-17-. The maximum absolute atomic E-state index is 12.4. The summed E-state index contributed by atoms with van der Waals surface area (Å²) in [5.74, 6) is -0.902. The Hall–Kier alpha value is -1.47. The number of ether oxygens (including phenoxy) is 2. The summed E-state index contributed by atoms with van der Waals surface area (Å²) in [6, 6.07) is 0. The lowest BCUT2D eigenvalue weighted by Crippen LogP contribution is -2.29. The molecule has 2 N–H and O–H groups in total. The van der Waals surface area contributed by atoms with Crippen molar-refractivity contribution in [2.45, 2.75) is 193 Å². The number of rotatable bonds is 35. The van der Waals surface area contributed by atoms with Crippen molar-refractivity contribution in [3.8, 4) is 0 Å². The van der Waals surface area contributed by atoms with E-state index in [4.69, 9.17) is 19.3 Å². The van der Waals surface area contributed by atoms with Gasteiger partial charge in [0, 0.05) is 12.8 Å². The van der Waals surface area contributed by atoms with E-state index in [1.165, 1.54) is 83.5 Å². The number of phosphoric acid groups is 1. The van der Waals surface area contributed by atoms with Gasteiger partial charge in [-0.1, -0.05) is 134 Å². The zero-order valence-corrected chi connectivity index (χ0v) is 31.1. The Labute approximate surface area is 288 Å². The first kappa shape index (κ1) is 45.5. The smallest absolute Gasteiger partial charge is 0.462 e. The topological polar surface area (TPSA) is 119 Å². The van der Waals surface area contributed by atoms with Crippen LogP contribution in [0.4, 0.5) is 0 Å². The molecule has 0 aliphatic rings. The van der Waals surface area contributed by atoms with E-state index in [0.29, 0.717) is 12.8 Å². The number of hydrogen-bond donors (Lipinski definition) is 2. The third-order valence-corrected chi connectivity index (χ3v) is 8.68. The third-order valence-electron chi connectivity index (χ3n) is 8.19. The van der Waals surface area contributed by atoms with Crippen LogP contribution in [0.3, 0.4) is 0 Å². The fourth-order valence-electron chi connectivity index (χ4n) is 5.30. The van der Waals surface area contributed by atoms with Gasteiger partial charge in [0.15, 0.2) is 6.10 Å². The van der Waals surface area contributed by atoms with Gasteiger partial charge in [-0.15, -0.1) is 0 Å². The molecule has 47 heavy (non-hydrogen) atoms. The first-order valence-corrected chi connectivity index (χ1v) is 20.7. The molecule has 9 heteroatoms. The fraction of sp³-hybridized carbons (Fsp3) is 0.842. The quantitative estimate of drug-likeness (QED) is 0.0292. The van der Waals surface area contributed by atoms with E-state index in [2.05, 4.69) is 42.7 Å². The van der Waals surface area contributed by atoms with Crippen LogP contribution in [0.25, 0.3) is 0 Å². The van der Waals surface area contributed by atoms with Crippen molar-refractivity contribution in [1.29, 1.82) is 0 Å². The summed E-state index contributed by atoms with van der Waals surface area (Å²) in [5, 5.41) is 0. The normalized spacial score (nSPS) is 12.7. The number of allylic oxidation sites excluding steroid dienone is 4. The molecule has 0 radical (unpaired) electrons. The monoisotopic (exact) mass is 686 g/mol. The summed E-state index contributed by atoms with van der Waals surface area (Å²) in [5.41, 5.74) is 0. The van der Waals surface area contributed by atoms with E-state index in [-0.39, 0.29) is 19.4 Å². The van der Waals surface area contributed by atoms with Gasteiger partial charge in [-0.25, -0.2) is 4.57 Å². The average Bonchev–Trinajstić information content (AvgIpc) is 3.03. The molecule has 0 saturated heterocycles. The maximum Gasteiger partial charge on any atom is 0.469 e. The van der Waals surface area contributed by atoms with Crippen LogP contribution < -0.4 is 0 Å². The lowest BCUT2D eigenvalue weighted by molar-refractivity contribution is -0.161. The molecule has 0 saturated carbocycles. The summed E-state index contributed by atoms with van der Waals surface area (Å²) in [6.45, 7) is 3.65. The van der Waals surface area contributed by atoms with Crippen LogP contribution >= 0.6 is 7.82 Å². The second kappa shape index (κ2) is 34.4. The Balaban J connectivity index is 3.98. The summed E-state index contributed by atoms with van der Waals surface area (Å²) in [6.07, 6.45) is 37.5. The number of unbranched alkanes of at least 4 members (excludes halogenated alkanes) is 21. The number of carbonyl (C=O) groups is 2. The van der Waals surface area contributed by atoms with Gasteiger partial charge in [0.2, 0.25) is 0 Å². The summed E-state index contributed by atoms with van der Waals surface area (Å²) < 4.78 is 26.3. The largest absolute Gasteiger partial charge is 0.469 e. The molecule has 0 amide bonds. The van der Waals surface area contributed by atoms with Crippen LogP contribution in [0, 0.1) is 0 Å². The van der Waals surface area contributed by atoms with Gasteiger partial charge in [-0.3, -0.25) is 14.1 Å². The minimum atomic E-state index is -4.75. The zero-order chi connectivity index (χ0) is 34.7. The molecule has 0 spiro atoms. The highest BCUT2D eigenvalue weighted by Crippen LogP contribution is 2.36. The molecule has 1 unspecified atom stereocenters. The average molecular weight is 687 g/mol. The number of hydrogen-bond acceptors (Lipinski definition) is 6. The van der Waals surface area contributed by atoms with E-state index in [1.54, 1.807) is 0 Å². The van der Waals surface area contributed by atoms with Gasteiger partial charge in [-0.2, -0.15) is 0 Å². The van der Waals surface area contributed by atoms with Gasteiger partial charge in [0.05, 0.1) is 6.61 Å². The highest BCUT2D eigenvalue weighted by atomic mass is 31.2. The predicted molar refractivity (Wildman–Crippen MR) is 193 cm³/mol. The van der Waals surface area contributed by atoms with Gasteiger partial charge in [-0.05, 0) is 64.2 Å².